The smallest absolute Gasteiger partial charge is 0.263 e. The molecular weight excluding hydrogens is 475 g/mol. The third-order valence-electron chi connectivity index (χ3n) is 3.43. The van der Waals surface area contributed by atoms with Gasteiger partial charge >= 0.3 is 0 Å². The molecule has 0 aliphatic carbocycles. The molecule has 0 unspecified atom stereocenters. The highest BCUT2D eigenvalue weighted by molar-refractivity contribution is 7.93. The van der Waals surface area contributed by atoms with Crippen molar-refractivity contribution >= 4 is 78.6 Å². The molecule has 0 aliphatic heterocycles. The van der Waals surface area contributed by atoms with E-state index in [2.05, 4.69) is 20.3 Å². The Labute approximate surface area is 186 Å². The minimum Gasteiger partial charge on any atom is -0.332 e. The summed E-state index contributed by atoms with van der Waals surface area (Å²) in [6, 6.07) is 10.3. The number of sulfonamides is 1. The Morgan fingerprint density at radius 2 is 1.72 bits per heavy atom. The maximum atomic E-state index is 12.3. The first-order chi connectivity index (χ1) is 13.7. The van der Waals surface area contributed by atoms with E-state index in [1.807, 2.05) is 0 Å². The number of benzene rings is 2. The Morgan fingerprint density at radius 1 is 1.07 bits per heavy atom. The number of aromatic nitrogens is 1. The van der Waals surface area contributed by atoms with Crippen molar-refractivity contribution in [3.63, 3.8) is 0 Å². The minimum atomic E-state index is -3.75. The number of anilines is 2. The van der Waals surface area contributed by atoms with Crippen LogP contribution in [0.25, 0.3) is 0 Å². The van der Waals surface area contributed by atoms with E-state index in [-0.39, 0.29) is 20.7 Å². The number of thiazole rings is 1. The Kier molecular flexibility index (Phi) is 6.70. The van der Waals surface area contributed by atoms with Gasteiger partial charge in [-0.3, -0.25) is 14.8 Å². The fraction of sp³-hybridized carbons (Fsp3) is 0. The number of amides is 1. The second-order valence-corrected chi connectivity index (χ2v) is 9.39. The molecule has 150 valence electrons. The molecule has 0 radical (unpaired) electrons. The van der Waals surface area contributed by atoms with E-state index in [0.717, 1.165) is 0 Å². The number of rotatable bonds is 5. The summed E-state index contributed by atoms with van der Waals surface area (Å²) in [7, 11) is -3.75. The van der Waals surface area contributed by atoms with Crippen LogP contribution in [-0.4, -0.2) is 24.4 Å². The van der Waals surface area contributed by atoms with Crippen LogP contribution in [0.15, 0.2) is 58.9 Å². The second kappa shape index (κ2) is 9.06. The lowest BCUT2D eigenvalue weighted by atomic mass is 10.2. The topological polar surface area (TPSA) is 100 Å². The summed E-state index contributed by atoms with van der Waals surface area (Å²) < 4.78 is 27.0. The zero-order valence-electron chi connectivity index (χ0n) is 14.3. The molecule has 0 fully saturated rings. The van der Waals surface area contributed by atoms with Gasteiger partial charge in [0.2, 0.25) is 0 Å². The van der Waals surface area contributed by atoms with Crippen molar-refractivity contribution < 1.29 is 13.2 Å². The maximum Gasteiger partial charge on any atom is 0.263 e. The summed E-state index contributed by atoms with van der Waals surface area (Å²) in [6.07, 6.45) is 1.50. The lowest BCUT2D eigenvalue weighted by Crippen LogP contribution is -2.34. The Morgan fingerprint density at radius 3 is 2.31 bits per heavy atom. The Bertz CT molecular complexity index is 1130. The second-order valence-electron chi connectivity index (χ2n) is 5.53. The first-order valence-corrected chi connectivity index (χ1v) is 11.4. The van der Waals surface area contributed by atoms with Crippen LogP contribution in [0.5, 0.6) is 0 Å². The van der Waals surface area contributed by atoms with Gasteiger partial charge in [-0.15, -0.1) is 11.3 Å². The number of nitrogens with one attached hydrogen (secondary N) is 3. The van der Waals surface area contributed by atoms with Crippen LogP contribution in [0.3, 0.4) is 0 Å². The van der Waals surface area contributed by atoms with Crippen LogP contribution < -0.4 is 15.4 Å². The molecule has 0 saturated heterocycles. The lowest BCUT2D eigenvalue weighted by molar-refractivity contribution is 0.0977. The summed E-state index contributed by atoms with van der Waals surface area (Å²) in [6.45, 7) is 0. The van der Waals surface area contributed by atoms with E-state index < -0.39 is 15.9 Å². The number of nitrogens with zero attached hydrogens (tertiary/aromatic N) is 1. The van der Waals surface area contributed by atoms with Gasteiger partial charge in [-0.25, -0.2) is 13.4 Å². The molecule has 12 heteroatoms. The maximum absolute atomic E-state index is 12.3. The average molecular weight is 487 g/mol. The average Bonchev–Trinajstić information content (AvgIpc) is 3.13. The van der Waals surface area contributed by atoms with Crippen molar-refractivity contribution in [2.45, 2.75) is 4.90 Å². The highest BCUT2D eigenvalue weighted by Crippen LogP contribution is 2.20. The van der Waals surface area contributed by atoms with Gasteiger partial charge in [0, 0.05) is 32.9 Å². The van der Waals surface area contributed by atoms with Crippen LogP contribution in [0.2, 0.25) is 10.0 Å². The highest BCUT2D eigenvalue weighted by atomic mass is 35.5. The largest absolute Gasteiger partial charge is 0.332 e. The molecule has 29 heavy (non-hydrogen) atoms. The fourth-order valence-corrected chi connectivity index (χ4v) is 4.71. The van der Waals surface area contributed by atoms with Crippen LogP contribution >= 0.6 is 46.8 Å². The van der Waals surface area contributed by atoms with Gasteiger partial charge in [-0.05, 0) is 54.7 Å². The van der Waals surface area contributed by atoms with Crippen LogP contribution in [-0.2, 0) is 10.0 Å². The van der Waals surface area contributed by atoms with E-state index >= 15 is 0 Å². The van der Waals surface area contributed by atoms with Gasteiger partial charge in [-0.2, -0.15) is 0 Å². The van der Waals surface area contributed by atoms with Crippen molar-refractivity contribution in [1.82, 2.24) is 10.3 Å². The van der Waals surface area contributed by atoms with E-state index in [0.29, 0.717) is 15.7 Å². The molecule has 0 saturated carbocycles. The van der Waals surface area contributed by atoms with Gasteiger partial charge in [0.05, 0.1) is 4.90 Å². The molecule has 3 N–H and O–H groups in total. The predicted octanol–water partition coefficient (Wildman–Crippen LogP) is 4.38. The molecule has 0 aliphatic rings. The van der Waals surface area contributed by atoms with Gasteiger partial charge < -0.3 is 5.32 Å². The molecule has 1 amide bonds. The summed E-state index contributed by atoms with van der Waals surface area (Å²) in [5.41, 5.74) is 0.744. The van der Waals surface area contributed by atoms with Crippen LogP contribution in [0.1, 0.15) is 10.4 Å². The van der Waals surface area contributed by atoms with E-state index in [1.54, 1.807) is 5.38 Å². The molecule has 1 aromatic heterocycles. The van der Waals surface area contributed by atoms with Gasteiger partial charge in [0.1, 0.15) is 0 Å². The summed E-state index contributed by atoms with van der Waals surface area (Å²) in [5, 5.41) is 7.92. The number of carbonyl (C=O) groups is 1. The number of hydrogen-bond acceptors (Lipinski definition) is 6. The van der Waals surface area contributed by atoms with E-state index in [1.165, 1.54) is 60.0 Å². The fourth-order valence-electron chi connectivity index (χ4n) is 2.19. The standard InChI is InChI=1S/C17H12Cl2N4O3S3/c18-11-7-10(8-12(19)9-11)15(24)22-16(27)21-13-1-3-14(4-2-13)29(25,26)23-17-20-5-6-28-17/h1-9H,(H,20,23)(H2,21,22,24,27). The summed E-state index contributed by atoms with van der Waals surface area (Å²) >= 11 is 18.1. The van der Waals surface area contributed by atoms with E-state index in [9.17, 15) is 13.2 Å². The number of thiocarbonyl (C=S) groups is 1. The van der Waals surface area contributed by atoms with Crippen molar-refractivity contribution in [1.29, 1.82) is 0 Å². The number of halogens is 2. The van der Waals surface area contributed by atoms with Gasteiger partial charge in [0.15, 0.2) is 10.2 Å². The number of carbonyl (C=O) groups excluding carboxylic acids is 1. The summed E-state index contributed by atoms with van der Waals surface area (Å²) in [5.74, 6) is -0.487. The molecule has 2 aromatic carbocycles. The first-order valence-electron chi connectivity index (χ1n) is 7.84. The Balaban J connectivity index is 1.63. The molecule has 3 aromatic rings. The molecule has 7 nitrogen and oxygen atoms in total. The predicted molar refractivity (Wildman–Crippen MR) is 120 cm³/mol. The van der Waals surface area contributed by atoms with Gasteiger partial charge in [-0.1, -0.05) is 23.2 Å². The third kappa shape index (κ3) is 5.87. The molecule has 0 atom stereocenters. The third-order valence-corrected chi connectivity index (χ3v) is 6.24. The van der Waals surface area contributed by atoms with Crippen molar-refractivity contribution in [3.05, 3.63) is 69.7 Å². The van der Waals surface area contributed by atoms with Crippen LogP contribution in [0, 0.1) is 0 Å². The van der Waals surface area contributed by atoms with Crippen molar-refractivity contribution in [2.24, 2.45) is 0 Å². The number of hydrogen-bond donors (Lipinski definition) is 3. The lowest BCUT2D eigenvalue weighted by Gasteiger charge is -2.11. The first kappa shape index (κ1) is 21.5. The quantitative estimate of drug-likeness (QED) is 0.462. The molecule has 0 spiro atoms. The zero-order valence-corrected chi connectivity index (χ0v) is 18.3. The van der Waals surface area contributed by atoms with Crippen molar-refractivity contribution in [2.75, 3.05) is 10.0 Å². The molecule has 0 bridgehead atoms. The highest BCUT2D eigenvalue weighted by Gasteiger charge is 2.15. The van der Waals surface area contributed by atoms with Crippen molar-refractivity contribution in [3.8, 4) is 0 Å². The monoisotopic (exact) mass is 486 g/mol. The van der Waals surface area contributed by atoms with Crippen LogP contribution in [0.4, 0.5) is 10.8 Å². The van der Waals surface area contributed by atoms with Gasteiger partial charge in [0.25, 0.3) is 15.9 Å². The van der Waals surface area contributed by atoms with E-state index in [4.69, 9.17) is 35.4 Å². The Hall–Kier alpha value is -2.24. The SMILES string of the molecule is O=C(NC(=S)Nc1ccc(S(=O)(=O)Nc2nccs2)cc1)c1cc(Cl)cc(Cl)c1. The summed E-state index contributed by atoms with van der Waals surface area (Å²) in [4.78, 5) is 16.2. The minimum absolute atomic E-state index is 0.0302. The normalized spacial score (nSPS) is 11.0. The molecule has 3 rings (SSSR count). The molecule has 1 heterocycles. The zero-order chi connectivity index (χ0) is 21.0. The molecular formula is C17H12Cl2N4O3S3.